The van der Waals surface area contributed by atoms with Gasteiger partial charge in [0.2, 0.25) is 5.13 Å². The molecule has 0 saturated carbocycles. The lowest BCUT2D eigenvalue weighted by molar-refractivity contribution is 0.276. The molecule has 0 amide bonds. The zero-order valence-corrected chi connectivity index (χ0v) is 12.5. The molecule has 0 radical (unpaired) electrons. The summed E-state index contributed by atoms with van der Waals surface area (Å²) in [4.78, 5) is 0. The van der Waals surface area contributed by atoms with Crippen LogP contribution in [-0.4, -0.2) is 30.3 Å². The van der Waals surface area contributed by atoms with Crippen LogP contribution in [0.4, 0.5) is 4.39 Å². The molecule has 0 aliphatic heterocycles. The number of hydrogen-bond acceptors (Lipinski definition) is 6. The van der Waals surface area contributed by atoms with E-state index >= 15 is 0 Å². The predicted molar refractivity (Wildman–Crippen MR) is 80.8 cm³/mol. The number of hydrogen-bond donors (Lipinski definition) is 1. The van der Waals surface area contributed by atoms with Gasteiger partial charge in [0.25, 0.3) is 0 Å². The molecule has 0 bridgehead atoms. The topological polar surface area (TPSA) is 76.7 Å². The Hall–Kier alpha value is -2.45. The standard InChI is InChI=1S/C14H12FN5OS/c1-9-16-18-14(22-9)20-13(12(8-21)17-19-20)7-4-10-2-5-11(15)6-3-10/h2-7,21H,8H2,1H3/b7-4+. The molecule has 1 aromatic carbocycles. The Morgan fingerprint density at radius 3 is 2.59 bits per heavy atom. The first-order chi connectivity index (χ1) is 10.7. The Balaban J connectivity index is 1.98. The van der Waals surface area contributed by atoms with E-state index in [0.717, 1.165) is 10.6 Å². The third-order valence-corrected chi connectivity index (χ3v) is 3.74. The fourth-order valence-corrected chi connectivity index (χ4v) is 2.51. The van der Waals surface area contributed by atoms with Crippen molar-refractivity contribution in [3.8, 4) is 5.13 Å². The van der Waals surface area contributed by atoms with Crippen molar-refractivity contribution < 1.29 is 9.50 Å². The van der Waals surface area contributed by atoms with Gasteiger partial charge in [-0.15, -0.1) is 15.3 Å². The highest BCUT2D eigenvalue weighted by molar-refractivity contribution is 7.13. The minimum absolute atomic E-state index is 0.235. The maximum Gasteiger partial charge on any atom is 0.234 e. The van der Waals surface area contributed by atoms with Crippen LogP contribution in [0.5, 0.6) is 0 Å². The van der Waals surface area contributed by atoms with Crippen LogP contribution in [0.2, 0.25) is 0 Å². The minimum atomic E-state index is -0.288. The number of halogens is 1. The average molecular weight is 317 g/mol. The van der Waals surface area contributed by atoms with Crippen molar-refractivity contribution in [2.24, 2.45) is 0 Å². The van der Waals surface area contributed by atoms with E-state index in [0.29, 0.717) is 16.5 Å². The van der Waals surface area contributed by atoms with Gasteiger partial charge in [-0.05, 0) is 30.7 Å². The molecule has 3 rings (SSSR count). The fraction of sp³-hybridized carbons (Fsp3) is 0.143. The van der Waals surface area contributed by atoms with Gasteiger partial charge >= 0.3 is 0 Å². The van der Waals surface area contributed by atoms with Crippen molar-refractivity contribution >= 4 is 23.5 Å². The zero-order valence-electron chi connectivity index (χ0n) is 11.6. The molecule has 0 saturated heterocycles. The third kappa shape index (κ3) is 2.92. The highest BCUT2D eigenvalue weighted by Crippen LogP contribution is 2.19. The Morgan fingerprint density at radius 2 is 1.95 bits per heavy atom. The quantitative estimate of drug-likeness (QED) is 0.798. The number of aliphatic hydroxyl groups is 1. The minimum Gasteiger partial charge on any atom is -0.390 e. The van der Waals surface area contributed by atoms with Gasteiger partial charge in [0.1, 0.15) is 16.5 Å². The van der Waals surface area contributed by atoms with E-state index in [2.05, 4.69) is 20.5 Å². The van der Waals surface area contributed by atoms with Crippen molar-refractivity contribution in [1.82, 2.24) is 25.2 Å². The largest absolute Gasteiger partial charge is 0.390 e. The first-order valence-electron chi connectivity index (χ1n) is 6.47. The van der Waals surface area contributed by atoms with Crippen molar-refractivity contribution in [2.45, 2.75) is 13.5 Å². The van der Waals surface area contributed by atoms with Crippen LogP contribution >= 0.6 is 11.3 Å². The monoisotopic (exact) mass is 317 g/mol. The van der Waals surface area contributed by atoms with Gasteiger partial charge in [0, 0.05) is 0 Å². The van der Waals surface area contributed by atoms with E-state index in [1.807, 2.05) is 6.92 Å². The smallest absolute Gasteiger partial charge is 0.234 e. The maximum absolute atomic E-state index is 12.9. The lowest BCUT2D eigenvalue weighted by Gasteiger charge is -1.99. The lowest BCUT2D eigenvalue weighted by atomic mass is 10.2. The summed E-state index contributed by atoms with van der Waals surface area (Å²) in [6.45, 7) is 1.61. The molecular weight excluding hydrogens is 305 g/mol. The number of nitrogens with zero attached hydrogens (tertiary/aromatic N) is 5. The average Bonchev–Trinajstić information content (AvgIpc) is 3.12. The summed E-state index contributed by atoms with van der Waals surface area (Å²) in [6, 6.07) is 6.09. The van der Waals surface area contributed by atoms with E-state index in [9.17, 15) is 9.50 Å². The van der Waals surface area contributed by atoms with Crippen molar-refractivity contribution in [1.29, 1.82) is 0 Å². The Kier molecular flexibility index (Phi) is 4.03. The number of benzene rings is 1. The number of rotatable bonds is 4. The molecule has 0 unspecified atom stereocenters. The molecule has 1 N–H and O–H groups in total. The first-order valence-corrected chi connectivity index (χ1v) is 7.28. The molecule has 8 heteroatoms. The molecule has 22 heavy (non-hydrogen) atoms. The second-order valence-electron chi connectivity index (χ2n) is 4.48. The summed E-state index contributed by atoms with van der Waals surface area (Å²) in [6.07, 6.45) is 3.55. The maximum atomic E-state index is 12.9. The number of aryl methyl sites for hydroxylation is 1. The Labute approximate surface area is 129 Å². The molecule has 2 heterocycles. The normalized spacial score (nSPS) is 11.4. The molecule has 6 nitrogen and oxygen atoms in total. The van der Waals surface area contributed by atoms with E-state index in [-0.39, 0.29) is 12.4 Å². The zero-order chi connectivity index (χ0) is 15.5. The summed E-state index contributed by atoms with van der Waals surface area (Å²) in [5.74, 6) is -0.288. The third-order valence-electron chi connectivity index (χ3n) is 2.93. The molecule has 0 spiro atoms. The second kappa shape index (κ2) is 6.12. The molecule has 2 aromatic heterocycles. The number of aliphatic hydroxyl groups excluding tert-OH is 1. The van der Waals surface area contributed by atoms with E-state index < -0.39 is 0 Å². The summed E-state index contributed by atoms with van der Waals surface area (Å²) < 4.78 is 14.4. The van der Waals surface area contributed by atoms with Gasteiger partial charge < -0.3 is 5.11 Å². The van der Waals surface area contributed by atoms with Crippen LogP contribution in [0.15, 0.2) is 24.3 Å². The van der Waals surface area contributed by atoms with Crippen LogP contribution in [0.3, 0.4) is 0 Å². The Morgan fingerprint density at radius 1 is 1.18 bits per heavy atom. The summed E-state index contributed by atoms with van der Waals surface area (Å²) in [5.41, 5.74) is 1.88. The van der Waals surface area contributed by atoms with Gasteiger partial charge in [0.05, 0.1) is 12.3 Å². The van der Waals surface area contributed by atoms with Gasteiger partial charge in [-0.3, -0.25) is 0 Å². The molecule has 0 aliphatic carbocycles. The molecular formula is C14H12FN5OS. The van der Waals surface area contributed by atoms with Crippen LogP contribution in [0.25, 0.3) is 17.3 Å². The molecule has 0 aliphatic rings. The van der Waals surface area contributed by atoms with Crippen molar-refractivity contribution in [3.63, 3.8) is 0 Å². The molecule has 0 atom stereocenters. The van der Waals surface area contributed by atoms with Crippen molar-refractivity contribution in [3.05, 3.63) is 52.0 Å². The van der Waals surface area contributed by atoms with Gasteiger partial charge in [-0.1, -0.05) is 34.8 Å². The van der Waals surface area contributed by atoms with Gasteiger partial charge in [0.15, 0.2) is 0 Å². The second-order valence-corrected chi connectivity index (χ2v) is 5.64. The van der Waals surface area contributed by atoms with E-state index in [4.69, 9.17) is 0 Å². The van der Waals surface area contributed by atoms with Crippen molar-refractivity contribution in [2.75, 3.05) is 0 Å². The summed E-state index contributed by atoms with van der Waals surface area (Å²) >= 11 is 1.38. The van der Waals surface area contributed by atoms with Crippen LogP contribution in [-0.2, 0) is 6.61 Å². The van der Waals surface area contributed by atoms with Crippen LogP contribution in [0, 0.1) is 12.7 Å². The molecule has 0 fully saturated rings. The first kappa shape index (κ1) is 14.5. The highest BCUT2D eigenvalue weighted by atomic mass is 32.1. The Bertz CT molecular complexity index is 809. The van der Waals surface area contributed by atoms with E-state index in [1.54, 1.807) is 24.3 Å². The van der Waals surface area contributed by atoms with Crippen LogP contribution in [0.1, 0.15) is 22.0 Å². The fourth-order valence-electron chi connectivity index (χ4n) is 1.86. The molecule has 3 aromatic rings. The number of aromatic nitrogens is 5. The molecule has 112 valence electrons. The van der Waals surface area contributed by atoms with E-state index in [1.165, 1.54) is 28.2 Å². The van der Waals surface area contributed by atoms with Crippen LogP contribution < -0.4 is 0 Å². The lowest BCUT2D eigenvalue weighted by Crippen LogP contribution is -1.99. The van der Waals surface area contributed by atoms with Gasteiger partial charge in [-0.25, -0.2) is 4.39 Å². The predicted octanol–water partition coefficient (Wildman–Crippen LogP) is 2.23. The SMILES string of the molecule is Cc1nnc(-n2nnc(CO)c2/C=C/c2ccc(F)cc2)s1. The highest BCUT2D eigenvalue weighted by Gasteiger charge is 2.14. The van der Waals surface area contributed by atoms with Gasteiger partial charge in [-0.2, -0.15) is 4.68 Å². The summed E-state index contributed by atoms with van der Waals surface area (Å²) in [5, 5.41) is 26.7. The summed E-state index contributed by atoms with van der Waals surface area (Å²) in [7, 11) is 0.